The molecule has 3 amide bonds. The van der Waals surface area contributed by atoms with Crippen molar-refractivity contribution < 1.29 is 19.3 Å². The molecule has 3 fully saturated rings. The van der Waals surface area contributed by atoms with Crippen LogP contribution in [0.3, 0.4) is 0 Å². The summed E-state index contributed by atoms with van der Waals surface area (Å²) in [4.78, 5) is 55.4. The second-order valence-corrected chi connectivity index (χ2v) is 9.94. The maximum atomic E-state index is 14.0. The number of rotatable bonds is 2. The Morgan fingerprint density at radius 1 is 1.15 bits per heavy atom. The summed E-state index contributed by atoms with van der Waals surface area (Å²) in [5.74, 6) is -2.74. The lowest BCUT2D eigenvalue weighted by molar-refractivity contribution is -0.384. The van der Waals surface area contributed by atoms with E-state index in [4.69, 9.17) is 11.6 Å². The Labute approximate surface area is 199 Å². The van der Waals surface area contributed by atoms with E-state index in [2.05, 4.69) is 5.32 Å². The maximum Gasteiger partial charge on any atom is 0.269 e. The minimum absolute atomic E-state index is 0.117. The molecule has 10 heteroatoms. The summed E-state index contributed by atoms with van der Waals surface area (Å²) in [5.41, 5.74) is 1.33. The number of hydrogen-bond acceptors (Lipinski definition) is 6. The van der Waals surface area contributed by atoms with Gasteiger partial charge in [-0.25, -0.2) is 4.90 Å². The number of nitro groups is 1. The predicted molar refractivity (Wildman–Crippen MR) is 124 cm³/mol. The van der Waals surface area contributed by atoms with E-state index in [1.807, 2.05) is 17.9 Å². The number of anilines is 2. The van der Waals surface area contributed by atoms with E-state index in [9.17, 15) is 24.5 Å². The minimum atomic E-state index is -1.31. The number of imide groups is 1. The van der Waals surface area contributed by atoms with Gasteiger partial charge >= 0.3 is 0 Å². The van der Waals surface area contributed by atoms with Crippen molar-refractivity contribution in [3.05, 3.63) is 62.2 Å². The molecule has 2 aromatic carbocycles. The fraction of sp³-hybridized carbons (Fsp3) is 0.375. The van der Waals surface area contributed by atoms with Gasteiger partial charge in [-0.3, -0.25) is 29.4 Å². The van der Waals surface area contributed by atoms with Gasteiger partial charge in [0, 0.05) is 23.7 Å². The monoisotopic (exact) mass is 480 g/mol. The van der Waals surface area contributed by atoms with Crippen molar-refractivity contribution in [1.82, 2.24) is 4.90 Å². The maximum absolute atomic E-state index is 14.0. The zero-order chi connectivity index (χ0) is 24.1. The third kappa shape index (κ3) is 2.40. The number of non-ortho nitro benzene ring substituents is 1. The largest absolute Gasteiger partial charge is 0.323 e. The molecule has 0 saturated carbocycles. The standard InChI is InChI=1S/C24H21ClN4O5/c1-11-8-14-20(15(25)9-11)26-23(32)24(14)19-18(17-4-3-7-27(17)24)21(30)28(22(19)31)16-6-5-13(29(33)34)10-12(16)2/h5-6,8-10,17-19H,3-4,7H2,1-2H3,(H,26,32)/t17-,18-,19-,24+/m1/s1. The van der Waals surface area contributed by atoms with Gasteiger partial charge in [0.1, 0.15) is 5.54 Å². The lowest BCUT2D eigenvalue weighted by Gasteiger charge is -2.37. The number of aryl methyl sites for hydroxylation is 2. The van der Waals surface area contributed by atoms with E-state index in [0.717, 1.165) is 16.9 Å². The van der Waals surface area contributed by atoms with Crippen molar-refractivity contribution in [3.63, 3.8) is 0 Å². The molecule has 3 saturated heterocycles. The van der Waals surface area contributed by atoms with Crippen molar-refractivity contribution in [2.24, 2.45) is 11.8 Å². The van der Waals surface area contributed by atoms with Crippen LogP contribution in [0.5, 0.6) is 0 Å². The second-order valence-electron chi connectivity index (χ2n) is 9.54. The summed E-state index contributed by atoms with van der Waals surface area (Å²) >= 11 is 6.49. The number of fused-ring (bicyclic) bond motifs is 7. The smallest absolute Gasteiger partial charge is 0.269 e. The molecular formula is C24H21ClN4O5. The van der Waals surface area contributed by atoms with Gasteiger partial charge in [0.25, 0.3) is 11.6 Å². The number of halogens is 1. The van der Waals surface area contributed by atoms with Crippen molar-refractivity contribution in [2.45, 2.75) is 38.3 Å². The SMILES string of the molecule is Cc1cc(Cl)c2c(c1)[C@@]1(C(=O)N2)[C@H]2C(=O)N(c3ccc([N+](=O)[O-])cc3C)C(=O)[C@@H]2[C@H]2CCCN21. The molecule has 34 heavy (non-hydrogen) atoms. The van der Waals surface area contributed by atoms with Gasteiger partial charge in [0.2, 0.25) is 11.8 Å². The van der Waals surface area contributed by atoms with Crippen LogP contribution < -0.4 is 10.2 Å². The lowest BCUT2D eigenvalue weighted by Crippen LogP contribution is -2.54. The summed E-state index contributed by atoms with van der Waals surface area (Å²) in [6.07, 6.45) is 1.52. The Bertz CT molecular complexity index is 1340. The number of hydrogen-bond donors (Lipinski definition) is 1. The fourth-order valence-corrected chi connectivity index (χ4v) is 6.96. The number of nitro benzene ring substituents is 1. The topological polar surface area (TPSA) is 113 Å². The van der Waals surface area contributed by atoms with Crippen LogP contribution in [0.4, 0.5) is 17.1 Å². The number of carbonyl (C=O) groups is 3. The van der Waals surface area contributed by atoms with Crippen molar-refractivity contribution >= 4 is 46.4 Å². The van der Waals surface area contributed by atoms with Crippen molar-refractivity contribution in [3.8, 4) is 0 Å². The molecule has 174 valence electrons. The Morgan fingerprint density at radius 2 is 1.91 bits per heavy atom. The molecule has 2 aromatic rings. The molecule has 0 aromatic heterocycles. The first-order chi connectivity index (χ1) is 16.2. The van der Waals surface area contributed by atoms with Gasteiger partial charge in [-0.15, -0.1) is 0 Å². The Hall–Kier alpha value is -3.30. The highest BCUT2D eigenvalue weighted by Crippen LogP contribution is 2.61. The summed E-state index contributed by atoms with van der Waals surface area (Å²) in [7, 11) is 0. The quantitative estimate of drug-likeness (QED) is 0.401. The summed E-state index contributed by atoms with van der Waals surface area (Å²) < 4.78 is 0. The summed E-state index contributed by atoms with van der Waals surface area (Å²) in [6, 6.07) is 7.47. The molecular weight excluding hydrogens is 460 g/mol. The summed E-state index contributed by atoms with van der Waals surface area (Å²) in [6.45, 7) is 4.12. The van der Waals surface area contributed by atoms with Crippen LogP contribution in [0.2, 0.25) is 5.02 Å². The molecule has 9 nitrogen and oxygen atoms in total. The number of amides is 3. The highest BCUT2D eigenvalue weighted by molar-refractivity contribution is 6.35. The number of carbonyl (C=O) groups excluding carboxylic acids is 3. The van der Waals surface area contributed by atoms with Crippen LogP contribution in [0.25, 0.3) is 0 Å². The molecule has 6 rings (SSSR count). The first-order valence-electron chi connectivity index (χ1n) is 11.2. The Kier molecular flexibility index (Phi) is 4.29. The van der Waals surface area contributed by atoms with Crippen LogP contribution in [0.1, 0.15) is 29.5 Å². The fourth-order valence-electron chi connectivity index (χ4n) is 6.64. The number of nitrogens with zero attached hydrogens (tertiary/aromatic N) is 3. The molecule has 0 bridgehead atoms. The van der Waals surface area contributed by atoms with Gasteiger partial charge in [-0.05, 0) is 56.5 Å². The highest BCUT2D eigenvalue weighted by atomic mass is 35.5. The lowest BCUT2D eigenvalue weighted by atomic mass is 9.75. The second kappa shape index (κ2) is 6.86. The van der Waals surface area contributed by atoms with E-state index in [-0.39, 0.29) is 23.5 Å². The Morgan fingerprint density at radius 3 is 2.62 bits per heavy atom. The molecule has 4 aliphatic heterocycles. The van der Waals surface area contributed by atoms with Crippen molar-refractivity contribution in [1.29, 1.82) is 0 Å². The molecule has 1 spiro atoms. The average Bonchev–Trinajstić information content (AvgIpc) is 3.48. The van der Waals surface area contributed by atoms with E-state index >= 15 is 0 Å². The van der Waals surface area contributed by atoms with Crippen molar-refractivity contribution in [2.75, 3.05) is 16.8 Å². The molecule has 4 heterocycles. The van der Waals surface area contributed by atoms with Gasteiger partial charge in [-0.1, -0.05) is 17.7 Å². The normalized spacial score (nSPS) is 29.6. The Balaban J connectivity index is 1.54. The van der Waals surface area contributed by atoms with Crippen LogP contribution >= 0.6 is 11.6 Å². The minimum Gasteiger partial charge on any atom is -0.323 e. The predicted octanol–water partition coefficient (Wildman–Crippen LogP) is 3.30. The van der Waals surface area contributed by atoms with Crippen LogP contribution in [-0.2, 0) is 19.9 Å². The first kappa shape index (κ1) is 21.2. The third-order valence-electron chi connectivity index (χ3n) is 7.83. The van der Waals surface area contributed by atoms with Crippen LogP contribution in [0.15, 0.2) is 30.3 Å². The number of benzene rings is 2. The number of nitrogens with one attached hydrogen (secondary N) is 1. The molecule has 0 aliphatic carbocycles. The zero-order valence-electron chi connectivity index (χ0n) is 18.5. The summed E-state index contributed by atoms with van der Waals surface area (Å²) in [5, 5.41) is 14.5. The highest BCUT2D eigenvalue weighted by Gasteiger charge is 2.74. The van der Waals surface area contributed by atoms with E-state index < -0.39 is 28.2 Å². The van der Waals surface area contributed by atoms with Gasteiger partial charge in [0.05, 0.1) is 33.2 Å². The molecule has 0 radical (unpaired) electrons. The van der Waals surface area contributed by atoms with E-state index in [1.54, 1.807) is 13.0 Å². The van der Waals surface area contributed by atoms with Crippen LogP contribution in [-0.4, -0.2) is 40.1 Å². The third-order valence-corrected chi connectivity index (χ3v) is 8.13. The molecule has 0 unspecified atom stereocenters. The molecule has 1 N–H and O–H groups in total. The van der Waals surface area contributed by atoms with Gasteiger partial charge in [-0.2, -0.15) is 0 Å². The van der Waals surface area contributed by atoms with Gasteiger partial charge in [0.15, 0.2) is 0 Å². The van der Waals surface area contributed by atoms with Crippen LogP contribution in [0, 0.1) is 35.8 Å². The molecule has 4 aliphatic rings. The van der Waals surface area contributed by atoms with Gasteiger partial charge < -0.3 is 5.32 Å². The average molecular weight is 481 g/mol. The zero-order valence-corrected chi connectivity index (χ0v) is 19.3. The first-order valence-corrected chi connectivity index (χ1v) is 11.6. The van der Waals surface area contributed by atoms with E-state index in [1.165, 1.54) is 18.2 Å². The van der Waals surface area contributed by atoms with E-state index in [0.29, 0.717) is 40.5 Å². The molecule has 4 atom stereocenters.